The lowest BCUT2D eigenvalue weighted by molar-refractivity contribution is 0.345. The molecule has 3 heteroatoms. The van der Waals surface area contributed by atoms with Crippen LogP contribution in [0, 0.1) is 0 Å². The van der Waals surface area contributed by atoms with E-state index in [4.69, 9.17) is 4.74 Å². The lowest BCUT2D eigenvalue weighted by Gasteiger charge is -2.33. The summed E-state index contributed by atoms with van der Waals surface area (Å²) in [6.07, 6.45) is 10.1. The summed E-state index contributed by atoms with van der Waals surface area (Å²) in [4.78, 5) is 0. The second kappa shape index (κ2) is 8.70. The SMILES string of the molecule is COc1ccc(CCC(C)NC2CCCCC2SC)cc1. The number of hydrogen-bond acceptors (Lipinski definition) is 3. The summed E-state index contributed by atoms with van der Waals surface area (Å²) in [6.45, 7) is 2.33. The number of methoxy groups -OCH3 is 1. The fraction of sp³-hybridized carbons (Fsp3) is 0.667. The molecule has 0 saturated heterocycles. The summed E-state index contributed by atoms with van der Waals surface area (Å²) >= 11 is 2.04. The zero-order chi connectivity index (χ0) is 15.1. The molecule has 1 saturated carbocycles. The number of aryl methyl sites for hydroxylation is 1. The standard InChI is InChI=1S/C18H29NOS/c1-14(19-17-6-4-5-7-18(17)21-3)8-9-15-10-12-16(20-2)13-11-15/h10-14,17-19H,4-9H2,1-3H3. The van der Waals surface area contributed by atoms with Gasteiger partial charge in [-0.25, -0.2) is 0 Å². The molecule has 1 N–H and O–H groups in total. The molecule has 0 bridgehead atoms. The first kappa shape index (κ1) is 16.7. The Morgan fingerprint density at radius 1 is 1.24 bits per heavy atom. The Bertz CT molecular complexity index is 406. The van der Waals surface area contributed by atoms with E-state index in [9.17, 15) is 0 Å². The van der Waals surface area contributed by atoms with Crippen LogP contribution in [-0.2, 0) is 6.42 Å². The number of rotatable bonds is 7. The predicted molar refractivity (Wildman–Crippen MR) is 93.5 cm³/mol. The van der Waals surface area contributed by atoms with Crippen molar-refractivity contribution < 1.29 is 4.74 Å². The van der Waals surface area contributed by atoms with Crippen LogP contribution in [0.3, 0.4) is 0 Å². The number of thioether (sulfide) groups is 1. The molecule has 0 amide bonds. The highest BCUT2D eigenvalue weighted by Gasteiger charge is 2.24. The Balaban J connectivity index is 1.76. The first-order chi connectivity index (χ1) is 10.2. The summed E-state index contributed by atoms with van der Waals surface area (Å²) in [5.74, 6) is 0.940. The van der Waals surface area contributed by atoms with Gasteiger partial charge in [-0.05, 0) is 56.6 Å². The minimum Gasteiger partial charge on any atom is -0.497 e. The fourth-order valence-electron chi connectivity index (χ4n) is 3.19. The molecule has 1 aromatic carbocycles. The smallest absolute Gasteiger partial charge is 0.118 e. The van der Waals surface area contributed by atoms with Crippen LogP contribution in [0.5, 0.6) is 5.75 Å². The van der Waals surface area contributed by atoms with Crippen molar-refractivity contribution in [1.82, 2.24) is 5.32 Å². The maximum Gasteiger partial charge on any atom is 0.118 e. The summed E-state index contributed by atoms with van der Waals surface area (Å²) in [5, 5.41) is 4.67. The lowest BCUT2D eigenvalue weighted by Crippen LogP contribution is -2.44. The average molecular weight is 308 g/mol. The molecule has 1 aliphatic rings. The largest absolute Gasteiger partial charge is 0.497 e. The lowest BCUT2D eigenvalue weighted by atomic mass is 9.93. The molecule has 0 radical (unpaired) electrons. The van der Waals surface area contributed by atoms with E-state index in [2.05, 4.69) is 42.8 Å². The van der Waals surface area contributed by atoms with Gasteiger partial charge >= 0.3 is 0 Å². The van der Waals surface area contributed by atoms with Crippen LogP contribution in [0.25, 0.3) is 0 Å². The van der Waals surface area contributed by atoms with E-state index in [-0.39, 0.29) is 0 Å². The van der Waals surface area contributed by atoms with Crippen LogP contribution in [0.2, 0.25) is 0 Å². The number of benzene rings is 1. The summed E-state index contributed by atoms with van der Waals surface area (Å²) < 4.78 is 5.20. The molecule has 3 unspecified atom stereocenters. The predicted octanol–water partition coefficient (Wildman–Crippen LogP) is 4.28. The number of ether oxygens (including phenoxy) is 1. The molecule has 0 aliphatic heterocycles. The molecule has 118 valence electrons. The molecular formula is C18H29NOS. The van der Waals surface area contributed by atoms with Crippen LogP contribution in [0.1, 0.15) is 44.6 Å². The fourth-order valence-corrected chi connectivity index (χ4v) is 4.14. The molecule has 1 aliphatic carbocycles. The third kappa shape index (κ3) is 5.23. The van der Waals surface area contributed by atoms with Gasteiger partial charge in [-0.15, -0.1) is 0 Å². The topological polar surface area (TPSA) is 21.3 Å². The van der Waals surface area contributed by atoms with E-state index in [1.54, 1.807) is 7.11 Å². The van der Waals surface area contributed by atoms with Gasteiger partial charge in [-0.3, -0.25) is 0 Å². The maximum atomic E-state index is 5.20. The van der Waals surface area contributed by atoms with E-state index in [1.807, 2.05) is 11.8 Å². The van der Waals surface area contributed by atoms with E-state index in [0.29, 0.717) is 12.1 Å². The number of hydrogen-bond donors (Lipinski definition) is 1. The molecule has 1 aromatic rings. The van der Waals surface area contributed by atoms with Crippen LogP contribution in [0.4, 0.5) is 0 Å². The second-order valence-electron chi connectivity index (χ2n) is 6.12. The molecule has 0 spiro atoms. The monoisotopic (exact) mass is 307 g/mol. The highest BCUT2D eigenvalue weighted by Crippen LogP contribution is 2.27. The van der Waals surface area contributed by atoms with Crippen molar-refractivity contribution in [2.75, 3.05) is 13.4 Å². The molecule has 2 nitrogen and oxygen atoms in total. The summed E-state index contributed by atoms with van der Waals surface area (Å²) in [7, 11) is 1.72. The highest BCUT2D eigenvalue weighted by atomic mass is 32.2. The molecule has 21 heavy (non-hydrogen) atoms. The Kier molecular flexibility index (Phi) is 6.91. The quantitative estimate of drug-likeness (QED) is 0.812. The molecule has 1 fully saturated rings. The van der Waals surface area contributed by atoms with Gasteiger partial charge in [0.15, 0.2) is 0 Å². The van der Waals surface area contributed by atoms with Crippen LogP contribution in [-0.4, -0.2) is 30.7 Å². The van der Waals surface area contributed by atoms with Crippen LogP contribution in [0.15, 0.2) is 24.3 Å². The van der Waals surface area contributed by atoms with Crippen molar-refractivity contribution in [3.63, 3.8) is 0 Å². The van der Waals surface area contributed by atoms with Crippen molar-refractivity contribution in [2.24, 2.45) is 0 Å². The Morgan fingerprint density at radius 2 is 1.95 bits per heavy atom. The third-order valence-corrected chi connectivity index (χ3v) is 5.70. The second-order valence-corrected chi connectivity index (χ2v) is 7.20. The summed E-state index contributed by atoms with van der Waals surface area (Å²) in [6, 6.07) is 9.76. The Hall–Kier alpha value is -0.670. The minimum atomic E-state index is 0.588. The first-order valence-electron chi connectivity index (χ1n) is 8.14. The molecular weight excluding hydrogens is 278 g/mol. The van der Waals surface area contributed by atoms with Crippen molar-refractivity contribution in [3.05, 3.63) is 29.8 Å². The van der Waals surface area contributed by atoms with Gasteiger partial charge in [0.05, 0.1) is 7.11 Å². The van der Waals surface area contributed by atoms with Crippen LogP contribution >= 0.6 is 11.8 Å². The van der Waals surface area contributed by atoms with Crippen molar-refractivity contribution in [1.29, 1.82) is 0 Å². The molecule has 3 atom stereocenters. The van der Waals surface area contributed by atoms with Gasteiger partial charge in [0.25, 0.3) is 0 Å². The summed E-state index contributed by atoms with van der Waals surface area (Å²) in [5.41, 5.74) is 1.40. The van der Waals surface area contributed by atoms with Gasteiger partial charge in [0.2, 0.25) is 0 Å². The zero-order valence-corrected chi connectivity index (χ0v) is 14.4. The van der Waals surface area contributed by atoms with E-state index in [0.717, 1.165) is 17.4 Å². The van der Waals surface area contributed by atoms with Crippen LogP contribution < -0.4 is 10.1 Å². The molecule has 0 aromatic heterocycles. The Morgan fingerprint density at radius 3 is 2.62 bits per heavy atom. The van der Waals surface area contributed by atoms with E-state index < -0.39 is 0 Å². The molecule has 0 heterocycles. The van der Waals surface area contributed by atoms with Crippen molar-refractivity contribution in [2.45, 2.75) is 62.8 Å². The van der Waals surface area contributed by atoms with Gasteiger partial charge in [0.1, 0.15) is 5.75 Å². The van der Waals surface area contributed by atoms with Crippen molar-refractivity contribution >= 4 is 11.8 Å². The number of nitrogens with one attached hydrogen (secondary N) is 1. The van der Waals surface area contributed by atoms with Crippen molar-refractivity contribution in [3.8, 4) is 5.75 Å². The first-order valence-corrected chi connectivity index (χ1v) is 9.43. The van der Waals surface area contributed by atoms with Gasteiger partial charge in [-0.2, -0.15) is 11.8 Å². The van der Waals surface area contributed by atoms with Gasteiger partial charge in [-0.1, -0.05) is 25.0 Å². The minimum absolute atomic E-state index is 0.588. The molecule has 2 rings (SSSR count). The maximum absolute atomic E-state index is 5.20. The zero-order valence-electron chi connectivity index (χ0n) is 13.6. The Labute approximate surface area is 134 Å². The van der Waals surface area contributed by atoms with Gasteiger partial charge in [0, 0.05) is 17.3 Å². The van der Waals surface area contributed by atoms with E-state index >= 15 is 0 Å². The third-order valence-electron chi connectivity index (χ3n) is 4.53. The normalized spacial score (nSPS) is 23.8. The van der Waals surface area contributed by atoms with E-state index in [1.165, 1.54) is 37.7 Å². The average Bonchev–Trinajstić information content (AvgIpc) is 2.54. The van der Waals surface area contributed by atoms with Gasteiger partial charge < -0.3 is 10.1 Å². The highest BCUT2D eigenvalue weighted by molar-refractivity contribution is 7.99.